The number of carbonyl (C=O) groups is 1. The maximum Gasteiger partial charge on any atom is 0.316 e. The zero-order valence-corrected chi connectivity index (χ0v) is 11.6. The van der Waals surface area contributed by atoms with Gasteiger partial charge in [-0.3, -0.25) is 4.79 Å². The molecular formula is C14H20O2S. The SMILES string of the molecule is CCCSCC(=O)OCc1cc(C)cc(C)c1. The monoisotopic (exact) mass is 252 g/mol. The van der Waals surface area contributed by atoms with Crippen LogP contribution < -0.4 is 0 Å². The maximum atomic E-state index is 11.4. The number of hydrogen-bond acceptors (Lipinski definition) is 3. The van der Waals surface area contributed by atoms with Crippen molar-refractivity contribution in [3.8, 4) is 0 Å². The molecule has 0 bridgehead atoms. The zero-order chi connectivity index (χ0) is 12.7. The van der Waals surface area contributed by atoms with Crippen molar-refractivity contribution < 1.29 is 9.53 Å². The molecule has 0 amide bonds. The van der Waals surface area contributed by atoms with Crippen LogP contribution in [-0.2, 0) is 16.1 Å². The summed E-state index contributed by atoms with van der Waals surface area (Å²) < 4.78 is 5.22. The third-order valence-corrected chi connectivity index (χ3v) is 3.39. The van der Waals surface area contributed by atoms with Gasteiger partial charge in [-0.15, -0.1) is 0 Å². The Kier molecular flexibility index (Phi) is 6.12. The summed E-state index contributed by atoms with van der Waals surface area (Å²) in [6.07, 6.45) is 1.09. The Morgan fingerprint density at radius 1 is 1.24 bits per heavy atom. The average Bonchev–Trinajstić information content (AvgIpc) is 2.25. The topological polar surface area (TPSA) is 26.3 Å². The Hall–Kier alpha value is -0.960. The molecule has 3 heteroatoms. The van der Waals surface area contributed by atoms with Crippen molar-refractivity contribution in [1.29, 1.82) is 0 Å². The van der Waals surface area contributed by atoms with E-state index in [0.717, 1.165) is 17.7 Å². The number of ether oxygens (including phenoxy) is 1. The highest BCUT2D eigenvalue weighted by atomic mass is 32.2. The van der Waals surface area contributed by atoms with Crippen molar-refractivity contribution in [2.45, 2.75) is 33.8 Å². The minimum Gasteiger partial charge on any atom is -0.460 e. The quantitative estimate of drug-likeness (QED) is 0.572. The normalized spacial score (nSPS) is 10.3. The van der Waals surface area contributed by atoms with Gasteiger partial charge in [-0.2, -0.15) is 11.8 Å². The first-order chi connectivity index (χ1) is 8.11. The molecule has 0 unspecified atom stereocenters. The van der Waals surface area contributed by atoms with Gasteiger partial charge in [-0.1, -0.05) is 36.2 Å². The lowest BCUT2D eigenvalue weighted by atomic mass is 10.1. The summed E-state index contributed by atoms with van der Waals surface area (Å²) in [5.41, 5.74) is 3.48. The van der Waals surface area contributed by atoms with E-state index in [1.54, 1.807) is 11.8 Å². The number of hydrogen-bond donors (Lipinski definition) is 0. The van der Waals surface area contributed by atoms with Gasteiger partial charge in [0, 0.05) is 0 Å². The van der Waals surface area contributed by atoms with Crippen molar-refractivity contribution in [2.24, 2.45) is 0 Å². The number of rotatable bonds is 6. The van der Waals surface area contributed by atoms with E-state index >= 15 is 0 Å². The summed E-state index contributed by atoms with van der Waals surface area (Å²) >= 11 is 1.63. The van der Waals surface area contributed by atoms with E-state index in [1.165, 1.54) is 11.1 Å². The number of benzene rings is 1. The van der Waals surface area contributed by atoms with Crippen LogP contribution in [0.5, 0.6) is 0 Å². The molecule has 0 N–H and O–H groups in total. The van der Waals surface area contributed by atoms with Crippen molar-refractivity contribution in [1.82, 2.24) is 0 Å². The molecule has 0 radical (unpaired) electrons. The molecule has 1 aromatic rings. The van der Waals surface area contributed by atoms with Gasteiger partial charge in [0.1, 0.15) is 6.61 Å². The van der Waals surface area contributed by atoms with Crippen LogP contribution in [0.3, 0.4) is 0 Å². The van der Waals surface area contributed by atoms with E-state index in [0.29, 0.717) is 12.4 Å². The summed E-state index contributed by atoms with van der Waals surface area (Å²) in [4.78, 5) is 11.4. The van der Waals surface area contributed by atoms with Crippen LogP contribution >= 0.6 is 11.8 Å². The van der Waals surface area contributed by atoms with Crippen LogP contribution in [0.25, 0.3) is 0 Å². The van der Waals surface area contributed by atoms with Gasteiger partial charge in [0.25, 0.3) is 0 Å². The minimum atomic E-state index is -0.123. The predicted molar refractivity (Wildman–Crippen MR) is 73.3 cm³/mol. The Bertz CT molecular complexity index is 354. The second kappa shape index (κ2) is 7.38. The molecule has 0 aliphatic heterocycles. The molecule has 2 nitrogen and oxygen atoms in total. The van der Waals surface area contributed by atoms with Gasteiger partial charge < -0.3 is 4.74 Å². The summed E-state index contributed by atoms with van der Waals surface area (Å²) in [5, 5.41) is 0. The van der Waals surface area contributed by atoms with E-state index in [-0.39, 0.29) is 5.97 Å². The fourth-order valence-corrected chi connectivity index (χ4v) is 2.34. The fraction of sp³-hybridized carbons (Fsp3) is 0.500. The third-order valence-electron chi connectivity index (χ3n) is 2.25. The van der Waals surface area contributed by atoms with E-state index in [1.807, 2.05) is 0 Å². The first-order valence-electron chi connectivity index (χ1n) is 5.92. The third kappa shape index (κ3) is 5.78. The minimum absolute atomic E-state index is 0.123. The first kappa shape index (κ1) is 14.1. The molecule has 0 aliphatic rings. The molecule has 17 heavy (non-hydrogen) atoms. The van der Waals surface area contributed by atoms with Crippen LogP contribution in [0.4, 0.5) is 0 Å². The Labute approximate surface area is 108 Å². The van der Waals surface area contributed by atoms with Gasteiger partial charge in [0.15, 0.2) is 0 Å². The maximum absolute atomic E-state index is 11.4. The average molecular weight is 252 g/mol. The molecule has 0 spiro atoms. The van der Waals surface area contributed by atoms with Gasteiger partial charge >= 0.3 is 5.97 Å². The molecule has 0 saturated carbocycles. The van der Waals surface area contributed by atoms with Crippen molar-refractivity contribution in [2.75, 3.05) is 11.5 Å². The highest BCUT2D eigenvalue weighted by molar-refractivity contribution is 7.99. The second-order valence-electron chi connectivity index (χ2n) is 4.21. The van der Waals surface area contributed by atoms with E-state index < -0.39 is 0 Å². The number of thioether (sulfide) groups is 1. The molecule has 0 aliphatic carbocycles. The molecular weight excluding hydrogens is 232 g/mol. The van der Waals surface area contributed by atoms with Crippen molar-refractivity contribution in [3.05, 3.63) is 34.9 Å². The molecule has 0 aromatic heterocycles. The molecule has 0 heterocycles. The van der Waals surface area contributed by atoms with Gasteiger partial charge in [0.05, 0.1) is 5.75 Å². The van der Waals surface area contributed by atoms with Crippen LogP contribution in [0.2, 0.25) is 0 Å². The van der Waals surface area contributed by atoms with Crippen LogP contribution in [0, 0.1) is 13.8 Å². The molecule has 0 saturated heterocycles. The van der Waals surface area contributed by atoms with Crippen molar-refractivity contribution in [3.63, 3.8) is 0 Å². The number of carbonyl (C=O) groups excluding carboxylic acids is 1. The molecule has 0 fully saturated rings. The standard InChI is InChI=1S/C14H20O2S/c1-4-5-17-10-14(15)16-9-13-7-11(2)6-12(3)8-13/h6-8H,4-5,9-10H2,1-3H3. The Morgan fingerprint density at radius 3 is 2.47 bits per heavy atom. The summed E-state index contributed by atoms with van der Waals surface area (Å²) in [6, 6.07) is 6.22. The largest absolute Gasteiger partial charge is 0.460 e. The molecule has 94 valence electrons. The fourth-order valence-electron chi connectivity index (χ4n) is 1.66. The number of esters is 1. The van der Waals surface area contributed by atoms with Gasteiger partial charge in [-0.25, -0.2) is 0 Å². The summed E-state index contributed by atoms with van der Waals surface area (Å²) in [7, 11) is 0. The van der Waals surface area contributed by atoms with Crippen molar-refractivity contribution >= 4 is 17.7 Å². The van der Waals surface area contributed by atoms with E-state index in [4.69, 9.17) is 4.74 Å². The summed E-state index contributed by atoms with van der Waals surface area (Å²) in [5.74, 6) is 1.35. The lowest BCUT2D eigenvalue weighted by Crippen LogP contribution is -2.07. The zero-order valence-electron chi connectivity index (χ0n) is 10.8. The predicted octanol–water partition coefficient (Wildman–Crippen LogP) is 3.49. The smallest absolute Gasteiger partial charge is 0.316 e. The highest BCUT2D eigenvalue weighted by Crippen LogP contribution is 2.10. The lowest BCUT2D eigenvalue weighted by Gasteiger charge is -2.06. The van der Waals surface area contributed by atoms with Crippen LogP contribution in [0.1, 0.15) is 30.0 Å². The molecule has 0 atom stereocenters. The van der Waals surface area contributed by atoms with E-state index in [2.05, 4.69) is 39.0 Å². The van der Waals surface area contributed by atoms with Crippen LogP contribution in [-0.4, -0.2) is 17.5 Å². The second-order valence-corrected chi connectivity index (χ2v) is 5.31. The van der Waals surface area contributed by atoms with Crippen LogP contribution in [0.15, 0.2) is 18.2 Å². The summed E-state index contributed by atoms with van der Waals surface area (Å²) in [6.45, 7) is 6.59. The van der Waals surface area contributed by atoms with Gasteiger partial charge in [0.2, 0.25) is 0 Å². The van der Waals surface area contributed by atoms with E-state index in [9.17, 15) is 4.79 Å². The number of aryl methyl sites for hydroxylation is 2. The molecule has 1 aromatic carbocycles. The van der Waals surface area contributed by atoms with Gasteiger partial charge in [-0.05, 0) is 31.6 Å². The Morgan fingerprint density at radius 2 is 1.88 bits per heavy atom. The highest BCUT2D eigenvalue weighted by Gasteiger charge is 2.03. The first-order valence-corrected chi connectivity index (χ1v) is 7.08. The molecule has 1 rings (SSSR count). The Balaban J connectivity index is 2.36. The lowest BCUT2D eigenvalue weighted by molar-refractivity contribution is -0.141.